The van der Waals surface area contributed by atoms with Crippen molar-refractivity contribution in [1.82, 2.24) is 9.61 Å². The maximum Gasteiger partial charge on any atom is 0.306 e. The van der Waals surface area contributed by atoms with E-state index in [0.717, 1.165) is 5.52 Å². The van der Waals surface area contributed by atoms with Gasteiger partial charge in [-0.2, -0.15) is 5.10 Å². The number of carboxylic acids is 1. The van der Waals surface area contributed by atoms with Crippen LogP contribution in [0.3, 0.4) is 0 Å². The van der Waals surface area contributed by atoms with Crippen LogP contribution in [0, 0.1) is 5.92 Å². The molecule has 0 aromatic carbocycles. The Morgan fingerprint density at radius 2 is 2.38 bits per heavy atom. The van der Waals surface area contributed by atoms with E-state index >= 15 is 0 Å². The van der Waals surface area contributed by atoms with Crippen LogP contribution in [-0.4, -0.2) is 20.7 Å². The van der Waals surface area contributed by atoms with Crippen LogP contribution in [0.25, 0.3) is 5.52 Å². The monoisotopic (exact) mass is 238 g/mol. The summed E-state index contributed by atoms with van der Waals surface area (Å²) in [5.41, 5.74) is 1.43. The van der Waals surface area contributed by atoms with Crippen LogP contribution in [0.4, 0.5) is 0 Å². The Kier molecular flexibility index (Phi) is 2.83. The molecule has 1 atom stereocenters. The fourth-order valence-corrected chi connectivity index (χ4v) is 1.79. The Morgan fingerprint density at radius 1 is 1.62 bits per heavy atom. The van der Waals surface area contributed by atoms with Crippen molar-refractivity contribution in [3.8, 4) is 0 Å². The lowest BCUT2D eigenvalue weighted by atomic mass is 10.1. The molecule has 1 unspecified atom stereocenters. The van der Waals surface area contributed by atoms with E-state index in [-0.39, 0.29) is 0 Å². The van der Waals surface area contributed by atoms with Gasteiger partial charge in [-0.25, -0.2) is 4.52 Å². The number of halogens is 1. The summed E-state index contributed by atoms with van der Waals surface area (Å²) in [4.78, 5) is 10.8. The summed E-state index contributed by atoms with van der Waals surface area (Å²) in [5, 5.41) is 13.6. The molecule has 0 amide bonds. The summed E-state index contributed by atoms with van der Waals surface area (Å²) >= 11 is 6.13. The minimum Gasteiger partial charge on any atom is -0.481 e. The molecule has 2 aromatic rings. The number of carbonyl (C=O) groups is 1. The molecule has 1 N–H and O–H groups in total. The highest BCUT2D eigenvalue weighted by atomic mass is 35.5. The molecule has 84 valence electrons. The van der Waals surface area contributed by atoms with Gasteiger partial charge >= 0.3 is 5.97 Å². The summed E-state index contributed by atoms with van der Waals surface area (Å²) < 4.78 is 1.66. The molecule has 2 rings (SSSR count). The highest BCUT2D eigenvalue weighted by Gasteiger charge is 2.17. The summed E-state index contributed by atoms with van der Waals surface area (Å²) in [5.74, 6) is -1.32. The van der Waals surface area contributed by atoms with Crippen molar-refractivity contribution in [2.75, 3.05) is 0 Å². The van der Waals surface area contributed by atoms with Crippen molar-refractivity contribution in [3.05, 3.63) is 35.1 Å². The molecule has 0 saturated carbocycles. The van der Waals surface area contributed by atoms with Crippen LogP contribution >= 0.6 is 11.6 Å². The lowest BCUT2D eigenvalue weighted by Crippen LogP contribution is -2.12. The first kappa shape index (κ1) is 11.0. The molecular formula is C11H11ClN2O2. The van der Waals surface area contributed by atoms with E-state index in [1.54, 1.807) is 17.6 Å². The van der Waals surface area contributed by atoms with Gasteiger partial charge in [-0.05, 0) is 12.1 Å². The van der Waals surface area contributed by atoms with E-state index in [1.807, 2.05) is 18.2 Å². The van der Waals surface area contributed by atoms with E-state index < -0.39 is 11.9 Å². The second kappa shape index (κ2) is 4.14. The SMILES string of the molecule is CC(Cc1nn2ccccc2c1Cl)C(=O)O. The van der Waals surface area contributed by atoms with Gasteiger partial charge in [-0.15, -0.1) is 0 Å². The first-order valence-corrected chi connectivity index (χ1v) is 5.32. The van der Waals surface area contributed by atoms with Crippen LogP contribution in [0.5, 0.6) is 0 Å². The molecule has 5 heteroatoms. The van der Waals surface area contributed by atoms with Crippen LogP contribution < -0.4 is 0 Å². The van der Waals surface area contributed by atoms with Crippen molar-refractivity contribution in [2.24, 2.45) is 5.92 Å². The molecule has 0 saturated heterocycles. The predicted molar refractivity (Wildman–Crippen MR) is 60.7 cm³/mol. The van der Waals surface area contributed by atoms with Crippen molar-refractivity contribution in [2.45, 2.75) is 13.3 Å². The molecule has 0 aliphatic heterocycles. The number of nitrogens with zero attached hydrogens (tertiary/aromatic N) is 2. The average molecular weight is 239 g/mol. The number of pyridine rings is 1. The minimum atomic E-state index is -0.840. The van der Waals surface area contributed by atoms with Crippen molar-refractivity contribution in [1.29, 1.82) is 0 Å². The van der Waals surface area contributed by atoms with Gasteiger partial charge in [0, 0.05) is 12.6 Å². The number of aromatic nitrogens is 2. The Morgan fingerprint density at radius 3 is 3.00 bits per heavy atom. The van der Waals surface area contributed by atoms with E-state index in [1.165, 1.54) is 0 Å². The Bertz CT molecular complexity index is 536. The zero-order valence-electron chi connectivity index (χ0n) is 8.72. The summed E-state index contributed by atoms with van der Waals surface area (Å²) in [6.07, 6.45) is 2.13. The lowest BCUT2D eigenvalue weighted by molar-refractivity contribution is -0.141. The predicted octanol–water partition coefficient (Wildman–Crippen LogP) is 2.25. The van der Waals surface area contributed by atoms with Crippen LogP contribution in [-0.2, 0) is 11.2 Å². The number of fused-ring (bicyclic) bond motifs is 1. The Hall–Kier alpha value is -1.55. The number of hydrogen-bond acceptors (Lipinski definition) is 2. The highest BCUT2D eigenvalue weighted by molar-refractivity contribution is 6.34. The molecule has 16 heavy (non-hydrogen) atoms. The Balaban J connectivity index is 2.38. The normalized spacial score (nSPS) is 12.9. The van der Waals surface area contributed by atoms with Gasteiger partial charge in [0.05, 0.1) is 22.2 Å². The molecule has 0 radical (unpaired) electrons. The van der Waals surface area contributed by atoms with Gasteiger partial charge < -0.3 is 5.11 Å². The van der Waals surface area contributed by atoms with Crippen molar-refractivity contribution in [3.63, 3.8) is 0 Å². The second-order valence-electron chi connectivity index (χ2n) is 3.73. The minimum absolute atomic E-state index is 0.343. The molecule has 4 nitrogen and oxygen atoms in total. The third-order valence-corrected chi connectivity index (χ3v) is 2.88. The number of aliphatic carboxylic acids is 1. The summed E-state index contributed by atoms with van der Waals surface area (Å²) in [6, 6.07) is 5.57. The zero-order chi connectivity index (χ0) is 11.7. The largest absolute Gasteiger partial charge is 0.481 e. The van der Waals surface area contributed by atoms with Crippen LogP contribution in [0.15, 0.2) is 24.4 Å². The molecule has 0 fully saturated rings. The van der Waals surface area contributed by atoms with Crippen molar-refractivity contribution >= 4 is 23.1 Å². The smallest absolute Gasteiger partial charge is 0.306 e. The zero-order valence-corrected chi connectivity index (χ0v) is 9.48. The highest BCUT2D eigenvalue weighted by Crippen LogP contribution is 2.23. The maximum atomic E-state index is 10.8. The van der Waals surface area contributed by atoms with Crippen LogP contribution in [0.2, 0.25) is 5.02 Å². The molecule has 0 aliphatic rings. The van der Waals surface area contributed by atoms with Gasteiger partial charge in [0.15, 0.2) is 0 Å². The van der Waals surface area contributed by atoms with E-state index in [9.17, 15) is 4.79 Å². The molecule has 0 spiro atoms. The molecular weight excluding hydrogens is 228 g/mol. The van der Waals surface area contributed by atoms with E-state index in [2.05, 4.69) is 5.10 Å². The topological polar surface area (TPSA) is 54.6 Å². The maximum absolute atomic E-state index is 10.8. The first-order chi connectivity index (χ1) is 7.59. The van der Waals surface area contributed by atoms with Gasteiger partial charge in [0.1, 0.15) is 0 Å². The van der Waals surface area contributed by atoms with E-state index in [0.29, 0.717) is 17.1 Å². The van der Waals surface area contributed by atoms with Gasteiger partial charge in [0.2, 0.25) is 0 Å². The van der Waals surface area contributed by atoms with E-state index in [4.69, 9.17) is 16.7 Å². The van der Waals surface area contributed by atoms with Crippen molar-refractivity contribution < 1.29 is 9.90 Å². The first-order valence-electron chi connectivity index (χ1n) is 4.94. The standard InChI is InChI=1S/C11H11ClN2O2/c1-7(11(15)16)6-8-10(12)9-4-2-3-5-14(9)13-8/h2-5,7H,6H2,1H3,(H,15,16). The number of hydrogen-bond donors (Lipinski definition) is 1. The molecule has 2 aromatic heterocycles. The lowest BCUT2D eigenvalue weighted by Gasteiger charge is -2.02. The van der Waals surface area contributed by atoms with Gasteiger partial charge in [-0.3, -0.25) is 4.79 Å². The van der Waals surface area contributed by atoms with Crippen LogP contribution in [0.1, 0.15) is 12.6 Å². The fourth-order valence-electron chi connectivity index (χ4n) is 1.53. The molecule has 0 bridgehead atoms. The number of carboxylic acid groups (broad SMARTS) is 1. The third-order valence-electron chi connectivity index (χ3n) is 2.47. The average Bonchev–Trinajstić information content (AvgIpc) is 2.56. The number of rotatable bonds is 3. The molecule has 0 aliphatic carbocycles. The van der Waals surface area contributed by atoms with Gasteiger partial charge in [0.25, 0.3) is 0 Å². The third kappa shape index (κ3) is 1.88. The fraction of sp³-hybridized carbons (Fsp3) is 0.273. The summed E-state index contributed by atoms with van der Waals surface area (Å²) in [6.45, 7) is 1.64. The Labute approximate surface area is 97.5 Å². The quantitative estimate of drug-likeness (QED) is 0.892. The van der Waals surface area contributed by atoms with Gasteiger partial charge in [-0.1, -0.05) is 24.6 Å². The summed E-state index contributed by atoms with van der Waals surface area (Å²) in [7, 11) is 0. The molecule has 2 heterocycles. The second-order valence-corrected chi connectivity index (χ2v) is 4.11.